The first-order valence-corrected chi connectivity index (χ1v) is 19.8. The maximum Gasteiger partial charge on any atom is -0.000697 e. The van der Waals surface area contributed by atoms with Crippen molar-refractivity contribution in [3.05, 3.63) is 180 Å². The van der Waals surface area contributed by atoms with Crippen LogP contribution in [0, 0.1) is 27.7 Å². The van der Waals surface area contributed by atoms with Gasteiger partial charge in [0, 0.05) is 0 Å². The van der Waals surface area contributed by atoms with Crippen molar-refractivity contribution in [1.29, 1.82) is 0 Å². The Morgan fingerprint density at radius 1 is 0.268 bits per heavy atom. The van der Waals surface area contributed by atoms with E-state index in [2.05, 4.69) is 185 Å². The van der Waals surface area contributed by atoms with Crippen molar-refractivity contribution in [3.63, 3.8) is 0 Å². The summed E-state index contributed by atoms with van der Waals surface area (Å²) in [7, 11) is 0. The predicted octanol–water partition coefficient (Wildman–Crippen LogP) is 16.0. The van der Waals surface area contributed by atoms with Gasteiger partial charge >= 0.3 is 0 Å². The summed E-state index contributed by atoms with van der Waals surface area (Å²) in [5.74, 6) is 0. The van der Waals surface area contributed by atoms with Crippen molar-refractivity contribution in [3.8, 4) is 33.4 Å². The van der Waals surface area contributed by atoms with Crippen molar-refractivity contribution in [2.45, 2.75) is 27.7 Å². The quantitative estimate of drug-likeness (QED) is 0.160. The third kappa shape index (κ3) is 4.25. The van der Waals surface area contributed by atoms with E-state index >= 15 is 0 Å². The Labute approximate surface area is 325 Å². The maximum atomic E-state index is 2.55. The van der Waals surface area contributed by atoms with E-state index in [0.29, 0.717) is 0 Å². The van der Waals surface area contributed by atoms with Crippen LogP contribution in [0.25, 0.3) is 120 Å². The maximum absolute atomic E-state index is 2.55. The molecule has 0 bridgehead atoms. The molecule has 0 aliphatic carbocycles. The zero-order chi connectivity index (χ0) is 37.4. The molecule has 0 aliphatic rings. The SMILES string of the molecule is Cc1ccc(C)c(-c2ccc3c(c2)c2cccc4c5c(-c6ccccc6)c6c7cc8cc(C)ccc8c8cc(C)cc(c6c(-c6ccccc6)c5cc3c24)c87)c1. The normalized spacial score (nSPS) is 12.3. The molecule has 262 valence electrons. The lowest BCUT2D eigenvalue weighted by molar-refractivity contribution is 1.39. The first-order valence-electron chi connectivity index (χ1n) is 19.8. The molecule has 0 saturated heterocycles. The van der Waals surface area contributed by atoms with Crippen LogP contribution in [0.3, 0.4) is 0 Å². The average Bonchev–Trinajstić information content (AvgIpc) is 3.71. The number of rotatable bonds is 3. The Hall–Kier alpha value is -6.76. The minimum Gasteiger partial charge on any atom is -0.0622 e. The van der Waals surface area contributed by atoms with Gasteiger partial charge in [-0.05, 0) is 177 Å². The molecule has 0 N–H and O–H groups in total. The summed E-state index contributed by atoms with van der Waals surface area (Å²) >= 11 is 0. The Morgan fingerprint density at radius 2 is 0.893 bits per heavy atom. The topological polar surface area (TPSA) is 0 Å². The van der Waals surface area contributed by atoms with E-state index in [9.17, 15) is 0 Å². The first-order chi connectivity index (χ1) is 27.4. The van der Waals surface area contributed by atoms with Gasteiger partial charge < -0.3 is 0 Å². The number of fused-ring (bicyclic) bond motifs is 10. The molecule has 12 aromatic carbocycles. The van der Waals surface area contributed by atoms with Crippen LogP contribution >= 0.6 is 0 Å². The molecule has 0 aliphatic heterocycles. The number of aryl methyl sites for hydroxylation is 4. The monoisotopic (exact) mass is 710 g/mol. The summed E-state index contributed by atoms with van der Waals surface area (Å²) in [4.78, 5) is 0. The van der Waals surface area contributed by atoms with Gasteiger partial charge in [0.05, 0.1) is 0 Å². The summed E-state index contributed by atoms with van der Waals surface area (Å²) in [5, 5.41) is 21.3. The summed E-state index contributed by atoms with van der Waals surface area (Å²) < 4.78 is 0. The lowest BCUT2D eigenvalue weighted by Gasteiger charge is -2.19. The molecule has 0 nitrogen and oxygen atoms in total. The second kappa shape index (κ2) is 11.4. The van der Waals surface area contributed by atoms with E-state index in [0.717, 1.165) is 0 Å². The van der Waals surface area contributed by atoms with E-state index in [1.165, 1.54) is 142 Å². The fraction of sp³-hybridized carbons (Fsp3) is 0.0714. The van der Waals surface area contributed by atoms with E-state index in [1.807, 2.05) is 0 Å². The van der Waals surface area contributed by atoms with E-state index in [4.69, 9.17) is 0 Å². The molecule has 0 aromatic heterocycles. The molecule has 0 heteroatoms. The summed E-state index contributed by atoms with van der Waals surface area (Å²) in [6, 6.07) is 60.2. The Morgan fingerprint density at radius 3 is 1.70 bits per heavy atom. The standard InChI is InChI=1S/C56H38/c1-31-19-22-39-38(24-31)29-48-53-45(39)26-33(3)27-47(53)55-50(35-12-7-5-8-13-35)49-30-46-40-23-21-37(43-25-32(2)18-20-34(43)4)28-44(40)41-16-11-17-42(52(41)46)54(49)51(56(48)55)36-14-9-6-10-15-36/h5-30H,1-4H3. The highest BCUT2D eigenvalue weighted by atomic mass is 14.3. The minimum absolute atomic E-state index is 1.25. The second-order valence-electron chi connectivity index (χ2n) is 16.3. The number of hydrogen-bond acceptors (Lipinski definition) is 0. The van der Waals surface area contributed by atoms with Gasteiger partial charge in [-0.25, -0.2) is 0 Å². The van der Waals surface area contributed by atoms with Crippen molar-refractivity contribution in [1.82, 2.24) is 0 Å². The van der Waals surface area contributed by atoms with Gasteiger partial charge in [0.2, 0.25) is 0 Å². The van der Waals surface area contributed by atoms with Crippen molar-refractivity contribution >= 4 is 86.2 Å². The molecule has 12 aromatic rings. The average molecular weight is 711 g/mol. The minimum atomic E-state index is 1.25. The Kier molecular flexibility index (Phi) is 6.42. The number of benzene rings is 10. The molecule has 0 saturated carbocycles. The van der Waals surface area contributed by atoms with Gasteiger partial charge in [0.1, 0.15) is 0 Å². The Balaban J connectivity index is 1.36. The van der Waals surface area contributed by atoms with Gasteiger partial charge in [-0.2, -0.15) is 0 Å². The summed E-state index contributed by atoms with van der Waals surface area (Å²) in [6.45, 7) is 8.89. The van der Waals surface area contributed by atoms with E-state index in [-0.39, 0.29) is 0 Å². The highest BCUT2D eigenvalue weighted by molar-refractivity contribution is 6.46. The van der Waals surface area contributed by atoms with Crippen LogP contribution in [0.1, 0.15) is 22.3 Å². The third-order valence-electron chi connectivity index (χ3n) is 12.7. The molecule has 0 amide bonds. The fourth-order valence-electron chi connectivity index (χ4n) is 10.4. The smallest absolute Gasteiger partial charge is 0.000697 e. The lowest BCUT2D eigenvalue weighted by Crippen LogP contribution is -1.91. The van der Waals surface area contributed by atoms with Crippen molar-refractivity contribution < 1.29 is 0 Å². The van der Waals surface area contributed by atoms with Crippen LogP contribution in [0.5, 0.6) is 0 Å². The van der Waals surface area contributed by atoms with E-state index in [1.54, 1.807) is 0 Å². The molecule has 0 spiro atoms. The highest BCUT2D eigenvalue weighted by Gasteiger charge is 2.27. The van der Waals surface area contributed by atoms with Crippen LogP contribution in [0.4, 0.5) is 0 Å². The molecule has 56 heavy (non-hydrogen) atoms. The van der Waals surface area contributed by atoms with Gasteiger partial charge in [0.25, 0.3) is 0 Å². The zero-order valence-corrected chi connectivity index (χ0v) is 32.0. The van der Waals surface area contributed by atoms with Gasteiger partial charge in [-0.3, -0.25) is 0 Å². The van der Waals surface area contributed by atoms with Crippen LogP contribution in [-0.4, -0.2) is 0 Å². The van der Waals surface area contributed by atoms with Gasteiger partial charge in [-0.1, -0.05) is 151 Å². The first kappa shape index (κ1) is 31.6. The molecule has 0 radical (unpaired) electrons. The fourth-order valence-corrected chi connectivity index (χ4v) is 10.4. The largest absolute Gasteiger partial charge is 0.0622 e. The zero-order valence-electron chi connectivity index (χ0n) is 32.0. The van der Waals surface area contributed by atoms with Crippen LogP contribution in [0.2, 0.25) is 0 Å². The van der Waals surface area contributed by atoms with Crippen LogP contribution in [0.15, 0.2) is 158 Å². The van der Waals surface area contributed by atoms with Crippen LogP contribution < -0.4 is 0 Å². The lowest BCUT2D eigenvalue weighted by atomic mass is 9.83. The van der Waals surface area contributed by atoms with E-state index < -0.39 is 0 Å². The molecular weight excluding hydrogens is 673 g/mol. The van der Waals surface area contributed by atoms with Crippen LogP contribution in [-0.2, 0) is 0 Å². The Bertz CT molecular complexity index is 3590. The molecule has 12 rings (SSSR count). The predicted molar refractivity (Wildman–Crippen MR) is 244 cm³/mol. The number of hydrogen-bond donors (Lipinski definition) is 0. The third-order valence-corrected chi connectivity index (χ3v) is 12.7. The molecular formula is C56H38. The molecule has 0 atom stereocenters. The van der Waals surface area contributed by atoms with Gasteiger partial charge in [0.15, 0.2) is 0 Å². The molecule has 0 fully saturated rings. The highest BCUT2D eigenvalue weighted by Crippen LogP contribution is 2.55. The molecule has 0 unspecified atom stereocenters. The molecule has 0 heterocycles. The summed E-state index contributed by atoms with van der Waals surface area (Å²) in [5.41, 5.74) is 12.9. The van der Waals surface area contributed by atoms with Crippen molar-refractivity contribution in [2.75, 3.05) is 0 Å². The van der Waals surface area contributed by atoms with Crippen molar-refractivity contribution in [2.24, 2.45) is 0 Å². The summed E-state index contributed by atoms with van der Waals surface area (Å²) in [6.07, 6.45) is 0. The second-order valence-corrected chi connectivity index (χ2v) is 16.3. The van der Waals surface area contributed by atoms with Gasteiger partial charge in [-0.15, -0.1) is 0 Å².